The van der Waals surface area contributed by atoms with Gasteiger partial charge >= 0.3 is 0 Å². The van der Waals surface area contributed by atoms with E-state index in [1.54, 1.807) is 19.2 Å². The third-order valence-corrected chi connectivity index (χ3v) is 5.04. The van der Waals surface area contributed by atoms with Crippen LogP contribution in [0.4, 0.5) is 11.4 Å². The lowest BCUT2D eigenvalue weighted by Crippen LogP contribution is -2.52. The van der Waals surface area contributed by atoms with Crippen molar-refractivity contribution in [3.8, 4) is 5.75 Å². The highest BCUT2D eigenvalue weighted by Gasteiger charge is 2.25. The first-order valence-electron chi connectivity index (χ1n) is 8.76. The number of hydrogen-bond donors (Lipinski definition) is 1. The van der Waals surface area contributed by atoms with Crippen LogP contribution in [-0.4, -0.2) is 50.1 Å². The van der Waals surface area contributed by atoms with Crippen LogP contribution in [0.2, 0.25) is 5.02 Å². The number of nitrogens with zero attached hydrogens (tertiary/aromatic N) is 2. The van der Waals surface area contributed by atoms with Crippen LogP contribution in [0.1, 0.15) is 6.92 Å². The van der Waals surface area contributed by atoms with Crippen molar-refractivity contribution in [1.82, 2.24) is 4.90 Å². The Labute approximate surface area is 159 Å². The molecule has 0 aromatic heterocycles. The summed E-state index contributed by atoms with van der Waals surface area (Å²) in [5, 5.41) is 3.61. The average Bonchev–Trinajstić information content (AvgIpc) is 2.69. The largest absolute Gasteiger partial charge is 0.497 e. The lowest BCUT2D eigenvalue weighted by atomic mass is 10.2. The molecular formula is C20H24ClN3O2. The van der Waals surface area contributed by atoms with E-state index in [0.29, 0.717) is 5.02 Å². The molecule has 0 saturated carbocycles. The highest BCUT2D eigenvalue weighted by molar-refractivity contribution is 6.30. The van der Waals surface area contributed by atoms with Crippen molar-refractivity contribution >= 4 is 28.9 Å². The van der Waals surface area contributed by atoms with E-state index in [1.807, 2.05) is 31.2 Å². The fourth-order valence-corrected chi connectivity index (χ4v) is 3.23. The fourth-order valence-electron chi connectivity index (χ4n) is 3.11. The molecular weight excluding hydrogens is 350 g/mol. The molecule has 1 amide bonds. The monoisotopic (exact) mass is 373 g/mol. The maximum Gasteiger partial charge on any atom is 0.241 e. The molecule has 1 aliphatic heterocycles. The molecule has 2 aromatic carbocycles. The zero-order valence-electron chi connectivity index (χ0n) is 15.1. The molecule has 1 saturated heterocycles. The molecule has 1 N–H and O–H groups in total. The molecule has 138 valence electrons. The number of anilines is 2. The van der Waals surface area contributed by atoms with Crippen molar-refractivity contribution in [3.05, 3.63) is 53.6 Å². The van der Waals surface area contributed by atoms with E-state index in [9.17, 15) is 4.79 Å². The molecule has 0 unspecified atom stereocenters. The molecule has 1 atom stereocenters. The van der Waals surface area contributed by atoms with Gasteiger partial charge < -0.3 is 15.0 Å². The van der Waals surface area contributed by atoms with E-state index >= 15 is 0 Å². The Kier molecular flexibility index (Phi) is 6.01. The Morgan fingerprint density at radius 2 is 1.65 bits per heavy atom. The van der Waals surface area contributed by atoms with Crippen molar-refractivity contribution in [3.63, 3.8) is 0 Å². The van der Waals surface area contributed by atoms with Crippen LogP contribution < -0.4 is 15.0 Å². The molecule has 1 heterocycles. The van der Waals surface area contributed by atoms with Gasteiger partial charge in [-0.05, 0) is 55.5 Å². The first-order valence-corrected chi connectivity index (χ1v) is 9.14. The third-order valence-electron chi connectivity index (χ3n) is 4.79. The van der Waals surface area contributed by atoms with Gasteiger partial charge in [0.2, 0.25) is 5.91 Å². The van der Waals surface area contributed by atoms with Crippen molar-refractivity contribution in [2.24, 2.45) is 0 Å². The summed E-state index contributed by atoms with van der Waals surface area (Å²) >= 11 is 5.88. The number of piperazine rings is 1. The van der Waals surface area contributed by atoms with E-state index in [-0.39, 0.29) is 11.9 Å². The van der Waals surface area contributed by atoms with Crippen molar-refractivity contribution < 1.29 is 9.53 Å². The molecule has 1 aliphatic rings. The summed E-state index contributed by atoms with van der Waals surface area (Å²) in [6.07, 6.45) is 0. The van der Waals surface area contributed by atoms with Gasteiger partial charge in [0.15, 0.2) is 0 Å². The summed E-state index contributed by atoms with van der Waals surface area (Å²) < 4.78 is 5.21. The van der Waals surface area contributed by atoms with Gasteiger partial charge in [-0.3, -0.25) is 9.69 Å². The van der Waals surface area contributed by atoms with Gasteiger partial charge in [0.1, 0.15) is 5.75 Å². The Balaban J connectivity index is 1.53. The molecule has 0 spiro atoms. The van der Waals surface area contributed by atoms with Crippen LogP contribution in [0, 0.1) is 0 Å². The quantitative estimate of drug-likeness (QED) is 0.871. The van der Waals surface area contributed by atoms with Gasteiger partial charge in [-0.25, -0.2) is 0 Å². The van der Waals surface area contributed by atoms with E-state index in [2.05, 4.69) is 27.2 Å². The van der Waals surface area contributed by atoms with Crippen molar-refractivity contribution in [2.75, 3.05) is 43.5 Å². The Morgan fingerprint density at radius 1 is 1.04 bits per heavy atom. The number of halogens is 1. The van der Waals surface area contributed by atoms with Gasteiger partial charge in [-0.1, -0.05) is 11.6 Å². The van der Waals surface area contributed by atoms with Gasteiger partial charge in [0, 0.05) is 42.6 Å². The van der Waals surface area contributed by atoms with Crippen molar-refractivity contribution in [2.45, 2.75) is 13.0 Å². The number of ether oxygens (including phenoxy) is 1. The average molecular weight is 374 g/mol. The minimum atomic E-state index is -0.177. The smallest absolute Gasteiger partial charge is 0.241 e. The number of methoxy groups -OCH3 is 1. The molecule has 1 fully saturated rings. The number of carbonyl (C=O) groups excluding carboxylic acids is 1. The summed E-state index contributed by atoms with van der Waals surface area (Å²) in [5.74, 6) is 0.866. The van der Waals surface area contributed by atoms with Crippen molar-refractivity contribution in [1.29, 1.82) is 0 Å². The standard InChI is InChI=1S/C20H24ClN3O2/c1-15(20(25)22-17-5-3-16(21)4-6-17)23-11-13-24(14-12-23)18-7-9-19(26-2)10-8-18/h3-10,15H,11-14H2,1-2H3,(H,22,25)/t15-/m0/s1. The molecule has 0 bridgehead atoms. The lowest BCUT2D eigenvalue weighted by molar-refractivity contribution is -0.120. The molecule has 5 nitrogen and oxygen atoms in total. The molecule has 6 heteroatoms. The Morgan fingerprint density at radius 3 is 2.23 bits per heavy atom. The van der Waals surface area contributed by atoms with Crippen LogP contribution in [0.15, 0.2) is 48.5 Å². The number of carbonyl (C=O) groups is 1. The molecule has 0 radical (unpaired) electrons. The van der Waals surface area contributed by atoms with E-state index < -0.39 is 0 Å². The van der Waals surface area contributed by atoms with E-state index in [1.165, 1.54) is 5.69 Å². The topological polar surface area (TPSA) is 44.8 Å². The van der Waals surface area contributed by atoms with Crippen LogP contribution >= 0.6 is 11.6 Å². The maximum atomic E-state index is 12.5. The summed E-state index contributed by atoms with van der Waals surface area (Å²) in [5.41, 5.74) is 1.95. The zero-order chi connectivity index (χ0) is 18.5. The van der Waals surface area contributed by atoms with Crippen LogP contribution in [0.3, 0.4) is 0 Å². The number of benzene rings is 2. The van der Waals surface area contributed by atoms with E-state index in [0.717, 1.165) is 37.6 Å². The first kappa shape index (κ1) is 18.5. The second-order valence-electron chi connectivity index (χ2n) is 6.39. The maximum absolute atomic E-state index is 12.5. The number of hydrogen-bond acceptors (Lipinski definition) is 4. The van der Waals surface area contributed by atoms with Crippen LogP contribution in [0.5, 0.6) is 5.75 Å². The third kappa shape index (κ3) is 4.48. The van der Waals surface area contributed by atoms with Gasteiger partial charge in [-0.15, -0.1) is 0 Å². The number of rotatable bonds is 5. The zero-order valence-corrected chi connectivity index (χ0v) is 15.9. The minimum absolute atomic E-state index is 0.00483. The molecule has 26 heavy (non-hydrogen) atoms. The highest BCUT2D eigenvalue weighted by atomic mass is 35.5. The second kappa shape index (κ2) is 8.43. The fraction of sp³-hybridized carbons (Fsp3) is 0.350. The second-order valence-corrected chi connectivity index (χ2v) is 6.83. The predicted molar refractivity (Wildman–Crippen MR) is 106 cm³/mol. The van der Waals surface area contributed by atoms with Gasteiger partial charge in [0.05, 0.1) is 13.2 Å². The summed E-state index contributed by atoms with van der Waals surface area (Å²) in [4.78, 5) is 17.1. The summed E-state index contributed by atoms with van der Waals surface area (Å²) in [6, 6.07) is 15.1. The van der Waals surface area contributed by atoms with E-state index in [4.69, 9.17) is 16.3 Å². The molecule has 0 aliphatic carbocycles. The Hall–Kier alpha value is -2.24. The molecule has 3 rings (SSSR count). The summed E-state index contributed by atoms with van der Waals surface area (Å²) in [7, 11) is 1.67. The van der Waals surface area contributed by atoms with Gasteiger partial charge in [0.25, 0.3) is 0 Å². The van der Waals surface area contributed by atoms with Crippen LogP contribution in [-0.2, 0) is 4.79 Å². The SMILES string of the molecule is COc1ccc(N2CCN([C@@H](C)C(=O)Nc3ccc(Cl)cc3)CC2)cc1. The Bertz CT molecular complexity index is 726. The number of nitrogens with one attached hydrogen (secondary N) is 1. The molecule has 2 aromatic rings. The van der Waals surface area contributed by atoms with Gasteiger partial charge in [-0.2, -0.15) is 0 Å². The number of amides is 1. The minimum Gasteiger partial charge on any atom is -0.497 e. The normalized spacial score (nSPS) is 16.2. The lowest BCUT2D eigenvalue weighted by Gasteiger charge is -2.38. The van der Waals surface area contributed by atoms with Crippen LogP contribution in [0.25, 0.3) is 0 Å². The highest BCUT2D eigenvalue weighted by Crippen LogP contribution is 2.21. The first-order chi connectivity index (χ1) is 12.6. The predicted octanol–water partition coefficient (Wildman–Crippen LogP) is 3.50. The summed E-state index contributed by atoms with van der Waals surface area (Å²) in [6.45, 7) is 5.44.